The van der Waals surface area contributed by atoms with Crippen molar-refractivity contribution in [3.63, 3.8) is 0 Å². The van der Waals surface area contributed by atoms with Crippen LogP contribution >= 0.6 is 0 Å². The minimum Gasteiger partial charge on any atom is -0.214 e. The molecule has 8 rings (SSSR count). The second kappa shape index (κ2) is 10.9. The first-order valence-electron chi connectivity index (χ1n) is 14.5. The molecule has 6 nitrogen and oxygen atoms in total. The molecule has 0 aliphatic heterocycles. The summed E-state index contributed by atoms with van der Waals surface area (Å²) in [6.45, 7) is 0. The Morgan fingerprint density at radius 2 is 0.727 bits per heavy atom. The third kappa shape index (κ3) is 4.74. The molecule has 0 radical (unpaired) electrons. The average molecular weight is 567 g/mol. The molecule has 0 aliphatic carbocycles. The van der Waals surface area contributed by atoms with Crippen LogP contribution in [-0.4, -0.2) is 29.5 Å². The van der Waals surface area contributed by atoms with E-state index in [1.54, 1.807) is 0 Å². The molecule has 6 heteroatoms. The molecule has 0 fully saturated rings. The Hall–Kier alpha value is -6.14. The highest BCUT2D eigenvalue weighted by molar-refractivity contribution is 5.78. The van der Waals surface area contributed by atoms with Crippen molar-refractivity contribution in [3.05, 3.63) is 158 Å². The van der Waals surface area contributed by atoms with Crippen molar-refractivity contribution in [2.24, 2.45) is 0 Å². The Morgan fingerprint density at radius 1 is 0.364 bits per heavy atom. The SMILES string of the molecule is c1ccc(-c2cc(-c3ccccc3)n(-c3ccc4ccc(-n5nc(-c6ccccc6)cc5-c5ccccc5)nc4n3)n2)cc1. The van der Waals surface area contributed by atoms with Gasteiger partial charge in [-0.15, -0.1) is 0 Å². The van der Waals surface area contributed by atoms with Gasteiger partial charge < -0.3 is 0 Å². The first-order chi connectivity index (χ1) is 21.8. The van der Waals surface area contributed by atoms with Crippen LogP contribution in [0.1, 0.15) is 0 Å². The topological polar surface area (TPSA) is 61.4 Å². The Kier molecular flexibility index (Phi) is 6.35. The summed E-state index contributed by atoms with van der Waals surface area (Å²) in [7, 11) is 0. The maximum atomic E-state index is 5.04. The molecule has 0 N–H and O–H groups in total. The fourth-order valence-electron chi connectivity index (χ4n) is 5.46. The highest BCUT2D eigenvalue weighted by Crippen LogP contribution is 2.31. The van der Waals surface area contributed by atoms with Crippen molar-refractivity contribution in [1.82, 2.24) is 29.5 Å². The zero-order valence-corrected chi connectivity index (χ0v) is 23.7. The maximum absolute atomic E-state index is 5.04. The molecule has 208 valence electrons. The third-order valence-electron chi connectivity index (χ3n) is 7.65. The minimum atomic E-state index is 0.617. The van der Waals surface area contributed by atoms with Gasteiger partial charge in [-0.3, -0.25) is 0 Å². The van der Waals surface area contributed by atoms with Crippen molar-refractivity contribution in [3.8, 4) is 56.7 Å². The zero-order valence-electron chi connectivity index (χ0n) is 23.7. The molecule has 0 saturated carbocycles. The number of hydrogen-bond donors (Lipinski definition) is 0. The molecule has 0 amide bonds. The van der Waals surface area contributed by atoms with E-state index in [0.717, 1.165) is 50.4 Å². The standard InChI is InChI=1S/C38H26N6/c1-5-13-27(14-6-1)32-25-34(29-17-9-3-10-18-29)43(41-32)36-23-21-31-22-24-37(40-38(31)39-36)44-35(30-19-11-4-12-20-30)26-33(42-44)28-15-7-2-8-16-28/h1-26H. The monoisotopic (exact) mass is 566 g/mol. The van der Waals surface area contributed by atoms with E-state index in [4.69, 9.17) is 20.2 Å². The van der Waals surface area contributed by atoms with E-state index in [2.05, 4.69) is 60.7 Å². The van der Waals surface area contributed by atoms with E-state index in [9.17, 15) is 0 Å². The van der Waals surface area contributed by atoms with Crippen LogP contribution in [0.5, 0.6) is 0 Å². The van der Waals surface area contributed by atoms with Gasteiger partial charge in [0.25, 0.3) is 0 Å². The van der Waals surface area contributed by atoms with Crippen LogP contribution in [0.2, 0.25) is 0 Å². The molecule has 0 saturated heterocycles. The predicted octanol–water partition coefficient (Wildman–Crippen LogP) is 8.67. The van der Waals surface area contributed by atoms with E-state index in [1.165, 1.54) is 0 Å². The van der Waals surface area contributed by atoms with Crippen LogP contribution in [0.3, 0.4) is 0 Å². The molecule has 0 unspecified atom stereocenters. The van der Waals surface area contributed by atoms with E-state index in [1.807, 2.05) is 106 Å². The van der Waals surface area contributed by atoms with Crippen LogP contribution in [0.25, 0.3) is 67.7 Å². The summed E-state index contributed by atoms with van der Waals surface area (Å²) in [5, 5.41) is 11.0. The summed E-state index contributed by atoms with van der Waals surface area (Å²) in [5.41, 5.74) is 8.50. The fraction of sp³-hybridized carbons (Fsp3) is 0. The second-order valence-corrected chi connectivity index (χ2v) is 10.5. The number of pyridine rings is 2. The molecule has 0 spiro atoms. The second-order valence-electron chi connectivity index (χ2n) is 10.5. The normalized spacial score (nSPS) is 11.2. The molecule has 8 aromatic rings. The predicted molar refractivity (Wildman–Crippen MR) is 176 cm³/mol. The highest BCUT2D eigenvalue weighted by Gasteiger charge is 2.17. The Morgan fingerprint density at radius 3 is 1.11 bits per heavy atom. The lowest BCUT2D eigenvalue weighted by Gasteiger charge is -2.10. The summed E-state index contributed by atoms with van der Waals surface area (Å²) < 4.78 is 3.81. The van der Waals surface area contributed by atoms with E-state index in [0.29, 0.717) is 17.3 Å². The van der Waals surface area contributed by atoms with Crippen LogP contribution in [0, 0.1) is 0 Å². The maximum Gasteiger partial charge on any atom is 0.164 e. The first kappa shape index (κ1) is 25.6. The largest absolute Gasteiger partial charge is 0.214 e. The van der Waals surface area contributed by atoms with E-state index in [-0.39, 0.29) is 0 Å². The lowest BCUT2D eigenvalue weighted by atomic mass is 10.1. The summed E-state index contributed by atoms with van der Waals surface area (Å²) in [6.07, 6.45) is 0. The van der Waals surface area contributed by atoms with Gasteiger partial charge in [-0.1, -0.05) is 121 Å². The summed E-state index contributed by atoms with van der Waals surface area (Å²) in [5.74, 6) is 1.38. The van der Waals surface area contributed by atoms with Crippen molar-refractivity contribution in [2.75, 3.05) is 0 Å². The van der Waals surface area contributed by atoms with Crippen molar-refractivity contribution < 1.29 is 0 Å². The molecule has 0 bridgehead atoms. The summed E-state index contributed by atoms with van der Waals surface area (Å²) in [6, 6.07) is 53.3. The average Bonchev–Trinajstić information content (AvgIpc) is 3.76. The van der Waals surface area contributed by atoms with Crippen molar-refractivity contribution >= 4 is 11.0 Å². The Labute approximate surface area is 254 Å². The lowest BCUT2D eigenvalue weighted by Crippen LogP contribution is -2.05. The van der Waals surface area contributed by atoms with Gasteiger partial charge in [-0.2, -0.15) is 10.2 Å². The number of hydrogen-bond acceptors (Lipinski definition) is 4. The number of nitrogens with zero attached hydrogens (tertiary/aromatic N) is 6. The molecule has 4 aromatic carbocycles. The van der Waals surface area contributed by atoms with Gasteiger partial charge in [0, 0.05) is 27.6 Å². The van der Waals surface area contributed by atoms with Gasteiger partial charge in [0.1, 0.15) is 0 Å². The number of fused-ring (bicyclic) bond motifs is 1. The van der Waals surface area contributed by atoms with Crippen molar-refractivity contribution in [2.45, 2.75) is 0 Å². The molecule has 4 heterocycles. The first-order valence-corrected chi connectivity index (χ1v) is 14.5. The quantitative estimate of drug-likeness (QED) is 0.202. The van der Waals surface area contributed by atoms with Gasteiger partial charge in [-0.05, 0) is 36.4 Å². The van der Waals surface area contributed by atoms with Crippen LogP contribution in [0.4, 0.5) is 0 Å². The fourth-order valence-corrected chi connectivity index (χ4v) is 5.46. The lowest BCUT2D eigenvalue weighted by molar-refractivity contribution is 0.849. The van der Waals surface area contributed by atoms with E-state index >= 15 is 0 Å². The summed E-state index contributed by atoms with van der Waals surface area (Å²) >= 11 is 0. The van der Waals surface area contributed by atoms with Gasteiger partial charge in [-0.25, -0.2) is 19.3 Å². The number of benzene rings is 4. The molecular formula is C38H26N6. The van der Waals surface area contributed by atoms with Gasteiger partial charge in [0.2, 0.25) is 0 Å². The van der Waals surface area contributed by atoms with Crippen LogP contribution < -0.4 is 0 Å². The molecule has 44 heavy (non-hydrogen) atoms. The molecular weight excluding hydrogens is 540 g/mol. The summed E-state index contributed by atoms with van der Waals surface area (Å²) in [4.78, 5) is 10.1. The number of rotatable bonds is 6. The van der Waals surface area contributed by atoms with Gasteiger partial charge in [0.15, 0.2) is 17.3 Å². The molecule has 4 aromatic heterocycles. The van der Waals surface area contributed by atoms with Crippen LogP contribution in [0.15, 0.2) is 158 Å². The third-order valence-corrected chi connectivity index (χ3v) is 7.65. The van der Waals surface area contributed by atoms with Crippen LogP contribution in [-0.2, 0) is 0 Å². The smallest absolute Gasteiger partial charge is 0.164 e. The molecule has 0 aliphatic rings. The zero-order chi connectivity index (χ0) is 29.3. The molecule has 0 atom stereocenters. The Balaban J connectivity index is 1.27. The van der Waals surface area contributed by atoms with Gasteiger partial charge >= 0.3 is 0 Å². The Bertz CT molecular complexity index is 2050. The minimum absolute atomic E-state index is 0.617. The highest BCUT2D eigenvalue weighted by atomic mass is 15.3. The number of aromatic nitrogens is 6. The van der Waals surface area contributed by atoms with Gasteiger partial charge in [0.05, 0.1) is 22.8 Å². The van der Waals surface area contributed by atoms with Crippen molar-refractivity contribution in [1.29, 1.82) is 0 Å². The van der Waals surface area contributed by atoms with E-state index < -0.39 is 0 Å².